The molecule has 2 unspecified atom stereocenters. The molecule has 4 heteroatoms. The van der Waals surface area contributed by atoms with Crippen LogP contribution < -0.4 is 11.1 Å². The zero-order valence-corrected chi connectivity index (χ0v) is 10.2. The predicted octanol–water partition coefficient (Wildman–Crippen LogP) is 0.728. The van der Waals surface area contributed by atoms with Crippen LogP contribution in [0.3, 0.4) is 0 Å². The minimum Gasteiger partial charge on any atom is -0.360 e. The molecule has 2 atom stereocenters. The third-order valence-corrected chi connectivity index (χ3v) is 2.87. The molecule has 1 rings (SSSR count). The molecule has 0 radical (unpaired) electrons. The maximum atomic E-state index is 6.14. The molecule has 0 aromatic rings. The van der Waals surface area contributed by atoms with Gasteiger partial charge in [-0.05, 0) is 20.3 Å². The Labute approximate surface area is 93.1 Å². The Morgan fingerprint density at radius 2 is 2.27 bits per heavy atom. The van der Waals surface area contributed by atoms with Crippen LogP contribution in [0.4, 0.5) is 0 Å². The Morgan fingerprint density at radius 3 is 2.87 bits per heavy atom. The van der Waals surface area contributed by atoms with E-state index >= 15 is 0 Å². The lowest BCUT2D eigenvalue weighted by Gasteiger charge is -2.41. The fourth-order valence-electron chi connectivity index (χ4n) is 1.89. The van der Waals surface area contributed by atoms with Crippen molar-refractivity contribution < 1.29 is 4.74 Å². The van der Waals surface area contributed by atoms with Crippen LogP contribution in [0.5, 0.6) is 0 Å². The van der Waals surface area contributed by atoms with Crippen LogP contribution in [-0.4, -0.2) is 43.0 Å². The molecule has 4 nitrogen and oxygen atoms in total. The second-order valence-corrected chi connectivity index (χ2v) is 4.42. The summed E-state index contributed by atoms with van der Waals surface area (Å²) in [5.41, 5.74) is 6.14. The van der Waals surface area contributed by atoms with Gasteiger partial charge in [0.05, 0.1) is 6.17 Å². The van der Waals surface area contributed by atoms with Crippen LogP contribution >= 0.6 is 0 Å². The number of unbranched alkanes of at least 4 members (excludes halogenated alkanes) is 1. The van der Waals surface area contributed by atoms with Crippen LogP contribution in [0.15, 0.2) is 0 Å². The van der Waals surface area contributed by atoms with Crippen LogP contribution in [-0.2, 0) is 4.74 Å². The molecule has 0 spiro atoms. The highest BCUT2D eigenvalue weighted by Gasteiger charge is 2.29. The Hall–Kier alpha value is -0.160. The van der Waals surface area contributed by atoms with Crippen LogP contribution in [0.1, 0.15) is 33.6 Å². The van der Waals surface area contributed by atoms with E-state index in [0.29, 0.717) is 6.04 Å². The fourth-order valence-corrected chi connectivity index (χ4v) is 1.89. The molecule has 1 saturated heterocycles. The first-order valence-corrected chi connectivity index (χ1v) is 6.03. The molecule has 1 heterocycles. The summed E-state index contributed by atoms with van der Waals surface area (Å²) in [7, 11) is 0. The molecule has 1 aliphatic heterocycles. The van der Waals surface area contributed by atoms with E-state index in [9.17, 15) is 0 Å². The standard InChI is InChI=1S/C11H25N3O/c1-4-5-8-15-11-10(12)14(9(2)3)7-6-13-11/h9-11,13H,4-8,12H2,1-3H3. The Morgan fingerprint density at radius 1 is 1.53 bits per heavy atom. The molecule has 0 amide bonds. The molecule has 90 valence electrons. The SMILES string of the molecule is CCCCOC1NCCN(C(C)C)C1N. The molecular weight excluding hydrogens is 190 g/mol. The van der Waals surface area contributed by atoms with Crippen molar-refractivity contribution in [2.75, 3.05) is 19.7 Å². The van der Waals surface area contributed by atoms with Gasteiger partial charge in [0.1, 0.15) is 6.23 Å². The molecule has 0 bridgehead atoms. The second kappa shape index (κ2) is 6.43. The number of nitrogens with one attached hydrogen (secondary N) is 1. The van der Waals surface area contributed by atoms with Gasteiger partial charge < -0.3 is 10.5 Å². The lowest BCUT2D eigenvalue weighted by atomic mass is 10.2. The van der Waals surface area contributed by atoms with E-state index in [-0.39, 0.29) is 12.4 Å². The summed E-state index contributed by atoms with van der Waals surface area (Å²) >= 11 is 0. The second-order valence-electron chi connectivity index (χ2n) is 4.42. The lowest BCUT2D eigenvalue weighted by molar-refractivity contribution is -0.0634. The van der Waals surface area contributed by atoms with Crippen molar-refractivity contribution in [3.63, 3.8) is 0 Å². The summed E-state index contributed by atoms with van der Waals surface area (Å²) < 4.78 is 5.74. The minimum atomic E-state index is -0.0180. The maximum Gasteiger partial charge on any atom is 0.136 e. The van der Waals surface area contributed by atoms with Crippen molar-refractivity contribution >= 4 is 0 Å². The quantitative estimate of drug-likeness (QED) is 0.664. The number of hydrogen-bond donors (Lipinski definition) is 2. The Balaban J connectivity index is 2.36. The summed E-state index contributed by atoms with van der Waals surface area (Å²) in [6.45, 7) is 9.28. The topological polar surface area (TPSA) is 50.5 Å². The highest BCUT2D eigenvalue weighted by atomic mass is 16.5. The van der Waals surface area contributed by atoms with E-state index in [0.717, 1.165) is 32.5 Å². The number of nitrogens with two attached hydrogens (primary N) is 1. The Bertz CT molecular complexity index is 175. The van der Waals surface area contributed by atoms with Gasteiger partial charge in [-0.3, -0.25) is 10.2 Å². The highest BCUT2D eigenvalue weighted by molar-refractivity contribution is 4.81. The smallest absolute Gasteiger partial charge is 0.136 e. The number of nitrogens with zero attached hydrogens (tertiary/aromatic N) is 1. The van der Waals surface area contributed by atoms with E-state index in [1.807, 2.05) is 0 Å². The van der Waals surface area contributed by atoms with E-state index < -0.39 is 0 Å². The van der Waals surface area contributed by atoms with Gasteiger partial charge in [-0.25, -0.2) is 0 Å². The van der Waals surface area contributed by atoms with Gasteiger partial charge in [-0.2, -0.15) is 0 Å². The molecule has 0 aromatic heterocycles. The van der Waals surface area contributed by atoms with Crippen LogP contribution in [0.25, 0.3) is 0 Å². The summed E-state index contributed by atoms with van der Waals surface area (Å²) in [6.07, 6.45) is 2.24. The van der Waals surface area contributed by atoms with E-state index in [1.165, 1.54) is 0 Å². The van der Waals surface area contributed by atoms with Gasteiger partial charge in [0, 0.05) is 25.7 Å². The van der Waals surface area contributed by atoms with E-state index in [2.05, 4.69) is 31.0 Å². The fraction of sp³-hybridized carbons (Fsp3) is 1.00. The molecule has 15 heavy (non-hydrogen) atoms. The first-order chi connectivity index (χ1) is 7.16. The van der Waals surface area contributed by atoms with Gasteiger partial charge in [-0.1, -0.05) is 13.3 Å². The summed E-state index contributed by atoms with van der Waals surface area (Å²) in [5, 5.41) is 3.32. The molecule has 3 N–H and O–H groups in total. The zero-order valence-electron chi connectivity index (χ0n) is 10.2. The molecule has 1 fully saturated rings. The van der Waals surface area contributed by atoms with Gasteiger partial charge in [-0.15, -0.1) is 0 Å². The molecule has 0 saturated carbocycles. The van der Waals surface area contributed by atoms with Gasteiger partial charge in [0.2, 0.25) is 0 Å². The largest absolute Gasteiger partial charge is 0.360 e. The number of piperazine rings is 1. The predicted molar refractivity (Wildman–Crippen MR) is 62.5 cm³/mol. The van der Waals surface area contributed by atoms with E-state index in [1.54, 1.807) is 0 Å². The van der Waals surface area contributed by atoms with Crippen LogP contribution in [0, 0.1) is 0 Å². The maximum absolute atomic E-state index is 6.14. The summed E-state index contributed by atoms with van der Waals surface area (Å²) in [6, 6.07) is 0.486. The van der Waals surface area contributed by atoms with Crippen molar-refractivity contribution in [3.8, 4) is 0 Å². The van der Waals surface area contributed by atoms with Crippen molar-refractivity contribution in [2.24, 2.45) is 5.73 Å². The summed E-state index contributed by atoms with van der Waals surface area (Å²) in [4.78, 5) is 2.28. The van der Waals surface area contributed by atoms with E-state index in [4.69, 9.17) is 10.5 Å². The molecule has 0 aliphatic carbocycles. The average molecular weight is 215 g/mol. The third-order valence-electron chi connectivity index (χ3n) is 2.87. The van der Waals surface area contributed by atoms with Gasteiger partial charge in [0.15, 0.2) is 0 Å². The molecule has 0 aromatic carbocycles. The monoisotopic (exact) mass is 215 g/mol. The highest BCUT2D eigenvalue weighted by Crippen LogP contribution is 2.10. The van der Waals surface area contributed by atoms with Gasteiger partial charge in [0.25, 0.3) is 0 Å². The Kier molecular flexibility index (Phi) is 5.53. The van der Waals surface area contributed by atoms with Crippen molar-refractivity contribution in [1.29, 1.82) is 0 Å². The summed E-state index contributed by atoms with van der Waals surface area (Å²) in [5.74, 6) is 0. The number of hydrogen-bond acceptors (Lipinski definition) is 4. The van der Waals surface area contributed by atoms with Crippen LogP contribution in [0.2, 0.25) is 0 Å². The van der Waals surface area contributed by atoms with Crippen molar-refractivity contribution in [2.45, 2.75) is 52.0 Å². The lowest BCUT2D eigenvalue weighted by Crippen LogP contribution is -2.64. The first-order valence-electron chi connectivity index (χ1n) is 6.03. The van der Waals surface area contributed by atoms with Gasteiger partial charge >= 0.3 is 0 Å². The normalized spacial score (nSPS) is 28.6. The molecular formula is C11H25N3O. The number of rotatable bonds is 5. The average Bonchev–Trinajstić information content (AvgIpc) is 2.20. The third kappa shape index (κ3) is 3.72. The minimum absolute atomic E-state index is 0.00676. The zero-order chi connectivity index (χ0) is 11.3. The van der Waals surface area contributed by atoms with Crippen molar-refractivity contribution in [1.82, 2.24) is 10.2 Å². The van der Waals surface area contributed by atoms with Crippen molar-refractivity contribution in [3.05, 3.63) is 0 Å². The number of ether oxygens (including phenoxy) is 1. The first kappa shape index (κ1) is 12.9. The molecule has 1 aliphatic rings.